The van der Waals surface area contributed by atoms with E-state index in [9.17, 15) is 9.18 Å². The van der Waals surface area contributed by atoms with Gasteiger partial charge in [0.1, 0.15) is 5.82 Å². The van der Waals surface area contributed by atoms with Crippen LogP contribution in [0.4, 0.5) is 4.39 Å². The van der Waals surface area contributed by atoms with Gasteiger partial charge in [0.15, 0.2) is 0 Å². The topological polar surface area (TPSA) is 29.1 Å². The number of benzene rings is 1. The molecule has 5 heteroatoms. The molecule has 2 nitrogen and oxygen atoms in total. The lowest BCUT2D eigenvalue weighted by atomic mass is 9.74. The van der Waals surface area contributed by atoms with Crippen molar-refractivity contribution in [2.75, 3.05) is 0 Å². The second kappa shape index (κ2) is 6.67. The third-order valence-corrected chi connectivity index (χ3v) is 8.04. The molecule has 1 aromatic rings. The minimum Gasteiger partial charge on any atom is -0.348 e. The summed E-state index contributed by atoms with van der Waals surface area (Å²) in [4.78, 5) is 12.9. The molecule has 3 aliphatic carbocycles. The lowest BCUT2D eigenvalue weighted by molar-refractivity contribution is -0.126. The van der Waals surface area contributed by atoms with Gasteiger partial charge in [-0.2, -0.15) is 0 Å². The monoisotopic (exact) mass is 397 g/mol. The van der Waals surface area contributed by atoms with E-state index in [0.717, 1.165) is 57.8 Å². The molecule has 142 valence electrons. The summed E-state index contributed by atoms with van der Waals surface area (Å²) in [6.07, 6.45) is 9.31. The average Bonchev–Trinajstić information content (AvgIpc) is 3.32. The molecule has 1 amide bonds. The van der Waals surface area contributed by atoms with Gasteiger partial charge in [0, 0.05) is 11.5 Å². The fraction of sp³-hybridized carbons (Fsp3) is 0.667. The third-order valence-electron chi connectivity index (χ3n) is 7.22. The molecule has 2 bridgehead atoms. The smallest absolute Gasteiger partial charge is 0.223 e. The molecular weight excluding hydrogens is 372 g/mol. The van der Waals surface area contributed by atoms with Crippen LogP contribution in [-0.2, 0) is 4.79 Å². The Bertz CT molecular complexity index is 721. The first-order chi connectivity index (χ1) is 12.3. The average molecular weight is 398 g/mol. The van der Waals surface area contributed by atoms with Gasteiger partial charge in [-0.05, 0) is 67.9 Å². The number of nitrogens with one attached hydrogen (secondary N) is 1. The standard InChI is InChI=1S/C21H26Cl2FNO/c1-20-8-10-21(12-20,11-9-20)18(25-19(26)13-4-2-3-5-13)16-15(24)7-6-14(22)17(16)23/h6-7,13,18H,2-5,8-12H2,1H3,(H,25,26). The first-order valence-corrected chi connectivity index (χ1v) is 10.5. The Balaban J connectivity index is 1.73. The van der Waals surface area contributed by atoms with Crippen molar-refractivity contribution in [1.82, 2.24) is 5.32 Å². The molecule has 26 heavy (non-hydrogen) atoms. The molecule has 1 atom stereocenters. The minimum absolute atomic E-state index is 0.0455. The Labute approximate surface area is 164 Å². The largest absolute Gasteiger partial charge is 0.348 e. The van der Waals surface area contributed by atoms with Gasteiger partial charge in [-0.3, -0.25) is 4.79 Å². The van der Waals surface area contributed by atoms with Gasteiger partial charge >= 0.3 is 0 Å². The van der Waals surface area contributed by atoms with Crippen LogP contribution in [0.25, 0.3) is 0 Å². The summed E-state index contributed by atoms with van der Waals surface area (Å²) in [5.41, 5.74) is 0.576. The number of hydrogen-bond acceptors (Lipinski definition) is 1. The predicted octanol–water partition coefficient (Wildman–Crippen LogP) is 6.45. The number of halogens is 3. The molecule has 4 rings (SSSR count). The molecule has 3 aliphatic rings. The van der Waals surface area contributed by atoms with Gasteiger partial charge in [-0.25, -0.2) is 4.39 Å². The second-order valence-corrected chi connectivity index (χ2v) is 9.81. The Morgan fingerprint density at radius 1 is 1.19 bits per heavy atom. The summed E-state index contributed by atoms with van der Waals surface area (Å²) in [7, 11) is 0. The molecule has 0 spiro atoms. The van der Waals surface area contributed by atoms with E-state index >= 15 is 0 Å². The lowest BCUT2D eigenvalue weighted by Crippen LogP contribution is -2.42. The zero-order chi connectivity index (χ0) is 18.5. The fourth-order valence-corrected chi connectivity index (χ4v) is 6.16. The Morgan fingerprint density at radius 2 is 1.85 bits per heavy atom. The van der Waals surface area contributed by atoms with E-state index in [1.54, 1.807) is 0 Å². The first kappa shape index (κ1) is 18.6. The lowest BCUT2D eigenvalue weighted by Gasteiger charge is -2.38. The molecule has 0 aliphatic heterocycles. The molecular formula is C21H26Cl2FNO. The highest BCUT2D eigenvalue weighted by molar-refractivity contribution is 6.42. The summed E-state index contributed by atoms with van der Waals surface area (Å²) in [5, 5.41) is 3.83. The minimum atomic E-state index is -0.397. The zero-order valence-electron chi connectivity index (χ0n) is 15.2. The van der Waals surface area contributed by atoms with E-state index in [-0.39, 0.29) is 28.1 Å². The molecule has 0 radical (unpaired) electrons. The first-order valence-electron chi connectivity index (χ1n) is 9.77. The second-order valence-electron chi connectivity index (χ2n) is 9.03. The molecule has 1 N–H and O–H groups in total. The van der Waals surface area contributed by atoms with Crippen molar-refractivity contribution in [3.8, 4) is 0 Å². The molecule has 1 aromatic carbocycles. The van der Waals surface area contributed by atoms with E-state index in [1.807, 2.05) is 0 Å². The van der Waals surface area contributed by atoms with Crippen LogP contribution < -0.4 is 5.32 Å². The van der Waals surface area contributed by atoms with E-state index < -0.39 is 6.04 Å². The number of rotatable bonds is 4. The number of hydrogen-bond donors (Lipinski definition) is 1. The Hall–Kier alpha value is -0.800. The highest BCUT2D eigenvalue weighted by atomic mass is 35.5. The van der Waals surface area contributed by atoms with Crippen LogP contribution in [0.5, 0.6) is 0 Å². The molecule has 1 unspecified atom stereocenters. The summed E-state index contributed by atoms with van der Waals surface area (Å²) in [6, 6.07) is 2.47. The normalized spacial score (nSPS) is 32.2. The number of carbonyl (C=O) groups excluding carboxylic acids is 1. The van der Waals surface area contributed by atoms with E-state index in [0.29, 0.717) is 16.0 Å². The van der Waals surface area contributed by atoms with Crippen molar-refractivity contribution in [2.45, 2.75) is 70.8 Å². The highest BCUT2D eigenvalue weighted by Gasteiger charge is 2.56. The summed E-state index contributed by atoms with van der Waals surface area (Å²) in [6.45, 7) is 2.31. The van der Waals surface area contributed by atoms with Crippen LogP contribution in [-0.4, -0.2) is 5.91 Å². The summed E-state index contributed by atoms with van der Waals surface area (Å²) < 4.78 is 14.9. The van der Waals surface area contributed by atoms with Gasteiger partial charge in [0.2, 0.25) is 5.91 Å². The van der Waals surface area contributed by atoms with Crippen molar-refractivity contribution in [3.63, 3.8) is 0 Å². The van der Waals surface area contributed by atoms with Crippen molar-refractivity contribution in [2.24, 2.45) is 16.7 Å². The van der Waals surface area contributed by atoms with Crippen LogP contribution in [0.15, 0.2) is 12.1 Å². The van der Waals surface area contributed by atoms with E-state index in [4.69, 9.17) is 23.2 Å². The molecule has 0 saturated heterocycles. The van der Waals surface area contributed by atoms with Crippen LogP contribution in [0.2, 0.25) is 10.0 Å². The Morgan fingerprint density at radius 3 is 2.42 bits per heavy atom. The van der Waals surface area contributed by atoms with Crippen molar-refractivity contribution in [3.05, 3.63) is 33.6 Å². The maximum atomic E-state index is 14.9. The maximum Gasteiger partial charge on any atom is 0.223 e. The molecule has 0 aromatic heterocycles. The van der Waals surface area contributed by atoms with Gasteiger partial charge in [0.25, 0.3) is 0 Å². The van der Waals surface area contributed by atoms with Crippen LogP contribution >= 0.6 is 23.2 Å². The van der Waals surface area contributed by atoms with Gasteiger partial charge < -0.3 is 5.32 Å². The van der Waals surface area contributed by atoms with Gasteiger partial charge in [-0.1, -0.05) is 43.0 Å². The number of carbonyl (C=O) groups is 1. The number of amides is 1. The van der Waals surface area contributed by atoms with Crippen molar-refractivity contribution >= 4 is 29.1 Å². The predicted molar refractivity (Wildman–Crippen MR) is 103 cm³/mol. The summed E-state index contributed by atoms with van der Waals surface area (Å²) >= 11 is 12.7. The molecule has 3 saturated carbocycles. The van der Waals surface area contributed by atoms with Gasteiger partial charge in [-0.15, -0.1) is 0 Å². The highest BCUT2D eigenvalue weighted by Crippen LogP contribution is 2.66. The van der Waals surface area contributed by atoms with Crippen LogP contribution in [0.3, 0.4) is 0 Å². The van der Waals surface area contributed by atoms with Crippen molar-refractivity contribution < 1.29 is 9.18 Å². The summed E-state index contributed by atoms with van der Waals surface area (Å²) in [5.74, 6) is -0.270. The van der Waals surface area contributed by atoms with E-state index in [1.165, 1.54) is 12.1 Å². The van der Waals surface area contributed by atoms with Gasteiger partial charge in [0.05, 0.1) is 16.1 Å². The van der Waals surface area contributed by atoms with E-state index in [2.05, 4.69) is 12.2 Å². The van der Waals surface area contributed by atoms with Crippen molar-refractivity contribution in [1.29, 1.82) is 0 Å². The number of fused-ring (bicyclic) bond motifs is 2. The fourth-order valence-electron chi connectivity index (χ4n) is 5.73. The molecule has 3 fully saturated rings. The molecule has 0 heterocycles. The maximum absolute atomic E-state index is 14.9. The van der Waals surface area contributed by atoms with Crippen LogP contribution in [0.1, 0.15) is 76.3 Å². The quantitative estimate of drug-likeness (QED) is 0.580. The SMILES string of the molecule is CC12CCC(C(NC(=O)C3CCCC3)c3c(F)ccc(Cl)c3Cl)(CC1)C2. The zero-order valence-corrected chi connectivity index (χ0v) is 16.7. The third kappa shape index (κ3) is 3.05. The van der Waals surface area contributed by atoms with Crippen LogP contribution in [0, 0.1) is 22.6 Å². The Kier molecular flexibility index (Phi) is 4.76.